The molecule has 0 spiro atoms. The second-order valence-electron chi connectivity index (χ2n) is 25.5. The number of nitrogens with two attached hydrogens (primary N) is 6. The summed E-state index contributed by atoms with van der Waals surface area (Å²) in [6, 6.07) is -0.533. The van der Waals surface area contributed by atoms with Crippen molar-refractivity contribution in [1.82, 2.24) is 69.1 Å². The van der Waals surface area contributed by atoms with Crippen LogP contribution < -0.4 is 104 Å². The first kappa shape index (κ1) is 94.8. The van der Waals surface area contributed by atoms with Crippen molar-refractivity contribution in [3.63, 3.8) is 0 Å². The quantitative estimate of drug-likeness (QED) is 0.00962. The van der Waals surface area contributed by atoms with Gasteiger partial charge in [0.15, 0.2) is 11.9 Å². The van der Waals surface area contributed by atoms with Gasteiger partial charge in [0.2, 0.25) is 76.8 Å². The molecule has 39 nitrogen and oxygen atoms in total. The van der Waals surface area contributed by atoms with Gasteiger partial charge in [0.1, 0.15) is 72.7 Å². The summed E-state index contributed by atoms with van der Waals surface area (Å²) >= 11 is 8.45. The lowest BCUT2D eigenvalue weighted by Gasteiger charge is -2.30. The number of aliphatic hydroxyl groups is 2. The monoisotopic (exact) mass is 1570 g/mol. The van der Waals surface area contributed by atoms with Crippen LogP contribution >= 0.6 is 25.3 Å². The van der Waals surface area contributed by atoms with Crippen molar-refractivity contribution in [3.05, 3.63) is 71.8 Å². The number of carbonyl (C=O) groups excluding carboxylic acids is 14. The lowest BCUT2D eigenvalue weighted by molar-refractivity contribution is -0.142. The van der Waals surface area contributed by atoms with Crippen LogP contribution in [0, 0.1) is 11.8 Å². The van der Waals surface area contributed by atoms with Crippen molar-refractivity contribution in [2.45, 2.75) is 177 Å². The highest BCUT2D eigenvalue weighted by atomic mass is 32.1. The lowest BCUT2D eigenvalue weighted by atomic mass is 9.96. The molecule has 28 N–H and O–H groups in total. The van der Waals surface area contributed by atoms with E-state index in [1.165, 1.54) is 0 Å². The molecule has 0 saturated heterocycles. The van der Waals surface area contributed by atoms with Gasteiger partial charge in [-0.2, -0.15) is 25.3 Å². The first-order chi connectivity index (χ1) is 51.8. The molecule has 606 valence electrons. The fraction of sp³-hybridized carbons (Fsp3) is 0.574. The Morgan fingerprint density at radius 2 is 0.844 bits per heavy atom. The molecule has 14 atom stereocenters. The second-order valence-corrected chi connectivity index (χ2v) is 26.3. The minimum absolute atomic E-state index is 0.0413. The summed E-state index contributed by atoms with van der Waals surface area (Å²) in [5.74, 6) is -16.5. The van der Waals surface area contributed by atoms with E-state index in [0.717, 1.165) is 0 Å². The van der Waals surface area contributed by atoms with Gasteiger partial charge < -0.3 is 124 Å². The third-order valence-corrected chi connectivity index (χ3v) is 17.6. The number of nitrogens with zero attached hydrogens (tertiary/aromatic N) is 2. The number of aliphatic hydroxyl groups excluding tert-OH is 2. The number of carboxylic acid groups (broad SMARTS) is 1. The molecule has 0 fully saturated rings. The normalized spacial score (nSPS) is 14.8. The Hall–Kier alpha value is -10.2. The number of benzene rings is 2. The summed E-state index contributed by atoms with van der Waals surface area (Å²) in [5, 5.41) is 61.1. The molecule has 2 aromatic carbocycles. The van der Waals surface area contributed by atoms with E-state index >= 15 is 0 Å². The molecule has 0 aromatic heterocycles. The van der Waals surface area contributed by atoms with Gasteiger partial charge in [-0.05, 0) is 74.5 Å². The highest BCUT2D eigenvalue weighted by Crippen LogP contribution is 2.15. The number of aliphatic carboxylic acids is 1. The largest absolute Gasteiger partial charge is 0.481 e. The molecule has 0 aliphatic rings. The van der Waals surface area contributed by atoms with Crippen LogP contribution in [0.1, 0.15) is 103 Å². The molecule has 0 heterocycles. The highest BCUT2D eigenvalue weighted by Gasteiger charge is 2.38. The third kappa shape index (κ3) is 36.5. The van der Waals surface area contributed by atoms with Crippen molar-refractivity contribution in [2.75, 3.05) is 57.4 Å². The van der Waals surface area contributed by atoms with Crippen LogP contribution in [0.2, 0.25) is 0 Å². The molecule has 41 heteroatoms. The van der Waals surface area contributed by atoms with Crippen molar-refractivity contribution in [1.29, 1.82) is 0 Å². The molecule has 2 rings (SSSR count). The molecule has 0 saturated carbocycles. The van der Waals surface area contributed by atoms with Crippen molar-refractivity contribution in [3.8, 4) is 0 Å². The SMILES string of the molecule is CC[C@H](C)[C@H](NC(=O)[C@H](CCCN=C(N)N)NC(=O)CNC(=O)CNC(=O)[C@H](Cc1ccccc1)NC(=O)[C@H](CS)NC(=O)[C@H](CO)NC(=O)[C@@H](N)CO)C(=O)N[C@@H](CC(=O)O)C(=O)N[C@@H](CCCCN)C(=O)N[C@H](C(=O)N[C@@H](CS)C(=O)N[C@@H](Cc1ccccc1)C(=O)N[C@H](C=O)CCCN=C(N)N)[C@@H](C)CC. The smallest absolute Gasteiger partial charge is 0.305 e. The van der Waals surface area contributed by atoms with Crippen molar-refractivity contribution >= 4 is 126 Å². The van der Waals surface area contributed by atoms with Crippen LogP contribution in [-0.4, -0.2) is 246 Å². The van der Waals surface area contributed by atoms with Crippen molar-refractivity contribution < 1.29 is 87.2 Å². The summed E-state index contributed by atoms with van der Waals surface area (Å²) in [4.78, 5) is 211. The number of carboxylic acids is 1. The van der Waals surface area contributed by atoms with Gasteiger partial charge in [0, 0.05) is 37.4 Å². The van der Waals surface area contributed by atoms with Gasteiger partial charge in [0.25, 0.3) is 0 Å². The number of thiol groups is 2. The maximum absolute atomic E-state index is 14.4. The van der Waals surface area contributed by atoms with Crippen LogP contribution in [0.15, 0.2) is 70.6 Å². The average molecular weight is 1570 g/mol. The molecule has 0 aliphatic carbocycles. The van der Waals surface area contributed by atoms with E-state index in [-0.39, 0.29) is 101 Å². The first-order valence-electron chi connectivity index (χ1n) is 35.4. The first-order valence-corrected chi connectivity index (χ1v) is 36.7. The van der Waals surface area contributed by atoms with Crippen molar-refractivity contribution in [2.24, 2.45) is 56.2 Å². The molecule has 0 unspecified atom stereocenters. The number of rotatable bonds is 53. The van der Waals surface area contributed by atoms with Crippen LogP contribution in [0.5, 0.6) is 0 Å². The fourth-order valence-electron chi connectivity index (χ4n) is 10.3. The Morgan fingerprint density at radius 1 is 0.450 bits per heavy atom. The highest BCUT2D eigenvalue weighted by molar-refractivity contribution is 7.80. The summed E-state index contributed by atoms with van der Waals surface area (Å²) < 4.78 is 0. The van der Waals surface area contributed by atoms with Crippen LogP contribution in [0.4, 0.5) is 0 Å². The number of guanidine groups is 2. The number of aldehydes is 1. The number of aliphatic imine (C=N–C) groups is 2. The molecular weight excluding hydrogens is 1460 g/mol. The molecular formula is C68H109N21O18S2. The number of amides is 13. The molecule has 0 aliphatic heterocycles. The Labute approximate surface area is 642 Å². The second kappa shape index (κ2) is 51.9. The third-order valence-electron chi connectivity index (χ3n) is 16.9. The molecule has 109 heavy (non-hydrogen) atoms. The van der Waals surface area contributed by atoms with Gasteiger partial charge in [-0.25, -0.2) is 0 Å². The zero-order chi connectivity index (χ0) is 81.7. The number of hydrogen-bond acceptors (Lipinski definition) is 23. The topological polar surface area (TPSA) is 654 Å². The zero-order valence-corrected chi connectivity index (χ0v) is 63.3. The summed E-state index contributed by atoms with van der Waals surface area (Å²) in [5.41, 5.74) is 34.3. The number of carbonyl (C=O) groups is 15. The van der Waals surface area contributed by atoms with E-state index in [9.17, 15) is 87.2 Å². The van der Waals surface area contributed by atoms with Crippen LogP contribution in [0.3, 0.4) is 0 Å². The predicted molar refractivity (Wildman–Crippen MR) is 407 cm³/mol. The Kier molecular flexibility index (Phi) is 45.2. The minimum Gasteiger partial charge on any atom is -0.481 e. The predicted octanol–water partition coefficient (Wildman–Crippen LogP) is -7.79. The molecule has 13 amide bonds. The Balaban J connectivity index is 2.36. The lowest BCUT2D eigenvalue weighted by Crippen LogP contribution is -2.62. The summed E-state index contributed by atoms with van der Waals surface area (Å²) in [7, 11) is 0. The van der Waals surface area contributed by atoms with E-state index in [0.29, 0.717) is 30.3 Å². The Morgan fingerprint density at radius 3 is 1.29 bits per heavy atom. The minimum atomic E-state index is -1.93. The molecule has 0 radical (unpaired) electrons. The average Bonchev–Trinajstić information content (AvgIpc) is 0.875. The van der Waals surface area contributed by atoms with Crippen LogP contribution in [0.25, 0.3) is 0 Å². The van der Waals surface area contributed by atoms with Gasteiger partial charge in [-0.1, -0.05) is 101 Å². The van der Waals surface area contributed by atoms with E-state index in [1.807, 2.05) is 0 Å². The summed E-state index contributed by atoms with van der Waals surface area (Å²) in [6.45, 7) is 3.55. The van der Waals surface area contributed by atoms with Gasteiger partial charge in [-0.15, -0.1) is 0 Å². The molecule has 2 aromatic rings. The van der Waals surface area contributed by atoms with E-state index in [4.69, 9.17) is 34.4 Å². The van der Waals surface area contributed by atoms with Gasteiger partial charge in [0.05, 0.1) is 38.8 Å². The maximum atomic E-state index is 14.4. The fourth-order valence-corrected chi connectivity index (χ4v) is 10.8. The number of nitrogens with one attached hydrogen (secondary N) is 13. The van der Waals surface area contributed by atoms with Gasteiger partial charge >= 0.3 is 5.97 Å². The van der Waals surface area contributed by atoms with E-state index in [2.05, 4.69) is 104 Å². The zero-order valence-electron chi connectivity index (χ0n) is 61.5. The summed E-state index contributed by atoms with van der Waals surface area (Å²) in [6.07, 6.45) is 0.507. The number of hydrogen-bond donors (Lipinski definition) is 24. The molecule has 0 bridgehead atoms. The number of unbranched alkanes of at least 4 members (excludes halogenated alkanes) is 1. The standard InChI is InChI=1S/C68H109N21O18S2/c1-5-37(3)54(88-58(99)43(23-16-26-76-68(73)74)80-52(94)31-77-51(93)30-78-57(98)45(27-39-17-9-7-10-18-39)82-63(104)49(35-108)86-62(103)48(34-92)85-56(97)42(70)33-91)65(106)84-47(29-53(95)96)61(102)81-44(22-13-14-24-69)59(100)89-55(38(4)6-2)66(107)87-50(36-109)64(105)83-46(28-40-19-11-8-12-20-40)60(101)79-41(32-90)21-15-25-75-67(71)72/h7-12,17-20,32,37-38,41-50,54-55,91-92,108-109H,5-6,13-16,21-31,33-36,69-70H2,1-4H3,(H,77,93)(H,78,98)(H,79,101)(H,80,94)(H,81,102)(H,82,104)(H,83,105)(H,84,106)(H,85,97)(H,86,103)(H,87,107)(H,88,99)(H,89,100)(H,95,96)(H4,71,72,75)(H4,73,74,76)/t37-,38-,41-,42-,43-,44-,45-,46-,47-,48-,49-,50-,54-,55-/m0/s1. The van der Waals surface area contributed by atoms with Gasteiger partial charge in [-0.3, -0.25) is 77.1 Å². The van der Waals surface area contributed by atoms with E-state index in [1.54, 1.807) is 88.4 Å². The van der Waals surface area contributed by atoms with E-state index < -0.39 is 200 Å². The Bertz CT molecular complexity index is 3380. The van der Waals surface area contributed by atoms with Crippen LogP contribution in [-0.2, 0) is 84.8 Å². The maximum Gasteiger partial charge on any atom is 0.305 e.